The van der Waals surface area contributed by atoms with Crippen LogP contribution < -0.4 is 14.9 Å². The second kappa shape index (κ2) is 7.08. The summed E-state index contributed by atoms with van der Waals surface area (Å²) in [4.78, 5) is 12.3. The van der Waals surface area contributed by atoms with Gasteiger partial charge in [-0.05, 0) is 36.4 Å². The molecule has 1 aliphatic rings. The number of nitrogens with one attached hydrogen (secondary N) is 2. The number of hydrogen-bond donors (Lipinski definition) is 2. The van der Waals surface area contributed by atoms with Gasteiger partial charge in [0.15, 0.2) is 0 Å². The highest BCUT2D eigenvalue weighted by molar-refractivity contribution is 7.92. The molecule has 132 valence electrons. The van der Waals surface area contributed by atoms with Crippen LogP contribution in [0.5, 0.6) is 0 Å². The van der Waals surface area contributed by atoms with Gasteiger partial charge in [-0.15, -0.1) is 0 Å². The normalized spacial score (nSPS) is 15.0. The van der Waals surface area contributed by atoms with Gasteiger partial charge in [0.1, 0.15) is 0 Å². The highest BCUT2D eigenvalue weighted by Crippen LogP contribution is 2.22. The Bertz CT molecular complexity index is 845. The molecule has 2 aromatic rings. The Morgan fingerprint density at radius 3 is 2.16 bits per heavy atom. The number of rotatable bonds is 5. The van der Waals surface area contributed by atoms with Crippen molar-refractivity contribution in [1.82, 2.24) is 5.32 Å². The maximum atomic E-state index is 12.4. The molecule has 1 saturated heterocycles. The predicted octanol–water partition coefficient (Wildman–Crippen LogP) is 1.81. The van der Waals surface area contributed by atoms with E-state index in [1.807, 2.05) is 12.1 Å². The highest BCUT2D eigenvalue weighted by atomic mass is 32.2. The molecule has 8 nitrogen and oxygen atoms in total. The highest BCUT2D eigenvalue weighted by Gasteiger charge is 2.16. The monoisotopic (exact) mass is 362 g/mol. The average Bonchev–Trinajstić information content (AvgIpc) is 2.63. The molecule has 3 rings (SSSR count). The topological polar surface area (TPSA) is 105 Å². The zero-order valence-corrected chi connectivity index (χ0v) is 14.2. The molecule has 9 heteroatoms. The van der Waals surface area contributed by atoms with E-state index >= 15 is 0 Å². The molecule has 0 atom stereocenters. The molecule has 1 heterocycles. The fourth-order valence-corrected chi connectivity index (χ4v) is 3.68. The zero-order valence-electron chi connectivity index (χ0n) is 13.4. The summed E-state index contributed by atoms with van der Waals surface area (Å²) in [6.07, 6.45) is 0. The summed E-state index contributed by atoms with van der Waals surface area (Å²) in [5, 5.41) is 13.9. The predicted molar refractivity (Wildman–Crippen MR) is 95.4 cm³/mol. The maximum Gasteiger partial charge on any atom is 0.269 e. The summed E-state index contributed by atoms with van der Waals surface area (Å²) in [6, 6.07) is 11.9. The lowest BCUT2D eigenvalue weighted by molar-refractivity contribution is -0.384. The van der Waals surface area contributed by atoms with E-state index in [9.17, 15) is 18.5 Å². The lowest BCUT2D eigenvalue weighted by Crippen LogP contribution is -2.43. The van der Waals surface area contributed by atoms with Crippen LogP contribution >= 0.6 is 0 Å². The minimum absolute atomic E-state index is 0.0238. The van der Waals surface area contributed by atoms with Crippen molar-refractivity contribution in [3.63, 3.8) is 0 Å². The number of piperazine rings is 1. The van der Waals surface area contributed by atoms with Crippen molar-refractivity contribution in [2.24, 2.45) is 0 Å². The van der Waals surface area contributed by atoms with Crippen molar-refractivity contribution in [1.29, 1.82) is 0 Å². The lowest BCUT2D eigenvalue weighted by Gasteiger charge is -2.29. The first-order valence-corrected chi connectivity index (χ1v) is 9.27. The zero-order chi connectivity index (χ0) is 17.9. The molecule has 2 aromatic carbocycles. The first-order valence-electron chi connectivity index (χ1n) is 7.79. The number of nitro benzene ring substituents is 1. The molecule has 0 aromatic heterocycles. The molecule has 0 saturated carbocycles. The Labute approximate surface area is 145 Å². The SMILES string of the molecule is O=[N+]([O-])c1ccc(S(=O)(=O)Nc2ccc(N3CCNCC3)cc2)cc1. The van der Waals surface area contributed by atoms with Crippen LogP contribution in [0.4, 0.5) is 17.1 Å². The van der Waals surface area contributed by atoms with E-state index in [4.69, 9.17) is 0 Å². The Hall–Kier alpha value is -2.65. The van der Waals surface area contributed by atoms with E-state index in [1.165, 1.54) is 24.3 Å². The Morgan fingerprint density at radius 1 is 1.00 bits per heavy atom. The third kappa shape index (κ3) is 4.06. The van der Waals surface area contributed by atoms with E-state index in [0.29, 0.717) is 5.69 Å². The molecule has 0 bridgehead atoms. The third-order valence-corrected chi connectivity index (χ3v) is 5.36. The molecule has 0 spiro atoms. The van der Waals surface area contributed by atoms with Gasteiger partial charge in [-0.2, -0.15) is 0 Å². The summed E-state index contributed by atoms with van der Waals surface area (Å²) >= 11 is 0. The summed E-state index contributed by atoms with van der Waals surface area (Å²) < 4.78 is 27.2. The van der Waals surface area contributed by atoms with Crippen LogP contribution in [0.25, 0.3) is 0 Å². The van der Waals surface area contributed by atoms with Crippen molar-refractivity contribution >= 4 is 27.1 Å². The standard InChI is InChI=1S/C16H18N4O4S/c21-20(22)15-5-7-16(8-6-15)25(23,24)18-13-1-3-14(4-2-13)19-11-9-17-10-12-19/h1-8,17-18H,9-12H2. The van der Waals surface area contributed by atoms with Gasteiger partial charge in [-0.25, -0.2) is 8.42 Å². The van der Waals surface area contributed by atoms with Crippen molar-refractivity contribution in [2.45, 2.75) is 4.90 Å². The van der Waals surface area contributed by atoms with E-state index in [2.05, 4.69) is 14.9 Å². The number of nitrogens with zero attached hydrogens (tertiary/aromatic N) is 2. The number of hydrogen-bond acceptors (Lipinski definition) is 6. The molecular formula is C16H18N4O4S. The molecular weight excluding hydrogens is 344 g/mol. The third-order valence-electron chi connectivity index (χ3n) is 3.96. The summed E-state index contributed by atoms with van der Waals surface area (Å²) in [5.41, 5.74) is 1.33. The minimum Gasteiger partial charge on any atom is -0.369 e. The van der Waals surface area contributed by atoms with Gasteiger partial charge in [0.2, 0.25) is 0 Å². The van der Waals surface area contributed by atoms with Gasteiger partial charge in [-0.1, -0.05) is 0 Å². The van der Waals surface area contributed by atoms with Crippen LogP contribution in [-0.2, 0) is 10.0 Å². The van der Waals surface area contributed by atoms with Crippen LogP contribution in [0.2, 0.25) is 0 Å². The summed E-state index contributed by atoms with van der Waals surface area (Å²) in [7, 11) is -3.79. The Balaban J connectivity index is 1.73. The molecule has 0 amide bonds. The van der Waals surface area contributed by atoms with Crippen LogP contribution in [0.1, 0.15) is 0 Å². The quantitative estimate of drug-likeness (QED) is 0.621. The number of non-ortho nitro benzene ring substituents is 1. The van der Waals surface area contributed by atoms with Crippen molar-refractivity contribution in [3.05, 3.63) is 58.6 Å². The van der Waals surface area contributed by atoms with Crippen LogP contribution in [0.15, 0.2) is 53.4 Å². The molecule has 0 aliphatic carbocycles. The molecule has 25 heavy (non-hydrogen) atoms. The molecule has 1 aliphatic heterocycles. The van der Waals surface area contributed by atoms with Crippen molar-refractivity contribution in [3.8, 4) is 0 Å². The number of anilines is 2. The van der Waals surface area contributed by atoms with E-state index in [0.717, 1.165) is 31.9 Å². The summed E-state index contributed by atoms with van der Waals surface area (Å²) in [5.74, 6) is 0. The second-order valence-electron chi connectivity index (χ2n) is 5.64. The smallest absolute Gasteiger partial charge is 0.269 e. The van der Waals surface area contributed by atoms with E-state index < -0.39 is 14.9 Å². The molecule has 2 N–H and O–H groups in total. The first kappa shape index (κ1) is 17.2. The van der Waals surface area contributed by atoms with Gasteiger partial charge >= 0.3 is 0 Å². The van der Waals surface area contributed by atoms with Gasteiger partial charge in [0, 0.05) is 49.7 Å². The second-order valence-corrected chi connectivity index (χ2v) is 7.32. The maximum absolute atomic E-state index is 12.4. The molecule has 0 radical (unpaired) electrons. The van der Waals surface area contributed by atoms with E-state index in [1.54, 1.807) is 12.1 Å². The number of nitro groups is 1. The van der Waals surface area contributed by atoms with Crippen LogP contribution in [-0.4, -0.2) is 39.5 Å². The number of benzene rings is 2. The first-order chi connectivity index (χ1) is 12.0. The van der Waals surface area contributed by atoms with E-state index in [-0.39, 0.29) is 10.6 Å². The fourth-order valence-electron chi connectivity index (χ4n) is 2.62. The fraction of sp³-hybridized carbons (Fsp3) is 0.250. The van der Waals surface area contributed by atoms with Crippen molar-refractivity contribution < 1.29 is 13.3 Å². The van der Waals surface area contributed by atoms with Crippen molar-refractivity contribution in [2.75, 3.05) is 35.8 Å². The Kier molecular flexibility index (Phi) is 4.86. The van der Waals surface area contributed by atoms with Gasteiger partial charge in [0.05, 0.1) is 9.82 Å². The van der Waals surface area contributed by atoms with Crippen LogP contribution in [0.3, 0.4) is 0 Å². The largest absolute Gasteiger partial charge is 0.369 e. The number of sulfonamides is 1. The molecule has 1 fully saturated rings. The van der Waals surface area contributed by atoms with Gasteiger partial charge in [0.25, 0.3) is 15.7 Å². The Morgan fingerprint density at radius 2 is 1.60 bits per heavy atom. The summed E-state index contributed by atoms with van der Waals surface area (Å²) in [6.45, 7) is 3.67. The minimum atomic E-state index is -3.79. The lowest BCUT2D eigenvalue weighted by atomic mass is 10.2. The average molecular weight is 362 g/mol. The van der Waals surface area contributed by atoms with Gasteiger partial charge < -0.3 is 10.2 Å². The molecule has 0 unspecified atom stereocenters. The van der Waals surface area contributed by atoms with Gasteiger partial charge in [-0.3, -0.25) is 14.8 Å². The van der Waals surface area contributed by atoms with Crippen LogP contribution in [0, 0.1) is 10.1 Å².